The molecule has 0 aliphatic carbocycles. The lowest BCUT2D eigenvalue weighted by Gasteiger charge is -2.23. The summed E-state index contributed by atoms with van der Waals surface area (Å²) in [6, 6.07) is 0. The Bertz CT molecular complexity index is 723. The van der Waals surface area contributed by atoms with Gasteiger partial charge in [0.25, 0.3) is 0 Å². The number of nitrogens with zero attached hydrogens (tertiary/aromatic N) is 5. The number of rotatable bonds is 25. The third-order valence-electron chi connectivity index (χ3n) is 6.97. The van der Waals surface area contributed by atoms with Crippen LogP contribution >= 0.6 is 0 Å². The fraction of sp³-hybridized carbons (Fsp3) is 0.844. The second-order valence-corrected chi connectivity index (χ2v) is 10.7. The molecule has 0 aromatic carbocycles. The van der Waals surface area contributed by atoms with Gasteiger partial charge in [0.1, 0.15) is 6.29 Å². The van der Waals surface area contributed by atoms with Crippen LogP contribution in [0.25, 0.3) is 0 Å². The molecule has 0 spiro atoms. The van der Waals surface area contributed by atoms with Gasteiger partial charge >= 0.3 is 0 Å². The van der Waals surface area contributed by atoms with Gasteiger partial charge in [0.15, 0.2) is 0 Å². The zero-order valence-electron chi connectivity index (χ0n) is 29.1. The number of amides is 4. The number of unbranched alkanes of at least 4 members (excludes halogenated alkanes) is 6. The second-order valence-electron chi connectivity index (χ2n) is 10.7. The number of aliphatic hydroxyl groups excluding tert-OH is 1. The van der Waals surface area contributed by atoms with Gasteiger partial charge in [0.2, 0.25) is 24.1 Å². The molecule has 0 aromatic heterocycles. The first-order valence-corrected chi connectivity index (χ1v) is 16.5. The number of hydrogen-bond acceptors (Lipinski definition) is 8. The molecular weight excluding hydrogens is 564 g/mol. The Morgan fingerprint density at radius 3 is 1.59 bits per heavy atom. The Labute approximate surface area is 268 Å². The summed E-state index contributed by atoms with van der Waals surface area (Å²) in [5, 5.41) is 8.76. The van der Waals surface area contributed by atoms with E-state index in [1.165, 1.54) is 41.9 Å². The minimum absolute atomic E-state index is 0.0373. The summed E-state index contributed by atoms with van der Waals surface area (Å²) in [4.78, 5) is 63.4. The summed E-state index contributed by atoms with van der Waals surface area (Å²) in [7, 11) is 2.04. The molecule has 0 aromatic rings. The van der Waals surface area contributed by atoms with Gasteiger partial charge in [-0.2, -0.15) is 0 Å². The average Bonchev–Trinajstić information content (AvgIpc) is 3.00. The molecule has 0 aliphatic rings. The second kappa shape index (κ2) is 33.3. The molecular formula is C32H66N6O6. The maximum Gasteiger partial charge on any atom is 0.237 e. The smallest absolute Gasteiger partial charge is 0.237 e. The summed E-state index contributed by atoms with van der Waals surface area (Å²) in [6.07, 6.45) is 10.8. The maximum atomic E-state index is 11.8. The number of hydrogen-bond donors (Lipinski definition) is 2. The lowest BCUT2D eigenvalue weighted by molar-refractivity contribution is -0.134. The molecule has 0 saturated heterocycles. The van der Waals surface area contributed by atoms with E-state index < -0.39 is 5.91 Å². The predicted molar refractivity (Wildman–Crippen MR) is 178 cm³/mol. The molecule has 12 heteroatoms. The van der Waals surface area contributed by atoms with E-state index in [2.05, 4.69) is 18.7 Å². The number of aliphatic hydroxyl groups is 1. The fourth-order valence-corrected chi connectivity index (χ4v) is 4.18. The van der Waals surface area contributed by atoms with Crippen molar-refractivity contribution in [3.8, 4) is 0 Å². The summed E-state index contributed by atoms with van der Waals surface area (Å²) in [5.41, 5.74) is 4.96. The Balaban J connectivity index is -0.000000576. The van der Waals surface area contributed by atoms with Crippen LogP contribution in [-0.4, -0.2) is 146 Å². The third-order valence-corrected chi connectivity index (χ3v) is 6.97. The molecule has 260 valence electrons. The third kappa shape index (κ3) is 28.2. The highest BCUT2D eigenvalue weighted by Gasteiger charge is 2.14. The topological polar surface area (TPSA) is 148 Å². The lowest BCUT2D eigenvalue weighted by atomic mass is 10.2. The monoisotopic (exact) mass is 631 g/mol. The van der Waals surface area contributed by atoms with Crippen LogP contribution in [0.15, 0.2) is 0 Å². The van der Waals surface area contributed by atoms with Crippen molar-refractivity contribution < 1.29 is 29.1 Å². The summed E-state index contributed by atoms with van der Waals surface area (Å²) < 4.78 is 0. The molecule has 0 heterocycles. The standard InChI is InChI=1S/C13H28N2O.C10H20N2O3.C9H18N2O2/c1-5-8-9-10-11-14(4)12-13(16)15(6-2)7-3;1-3-11(5-7-13)9-10(15)12(4-2)6-8-14;1-2-3-4-5-6-11(8-12)7-9(10)13/h5-12H2,1-4H3;8,13H,3-7,9H2,1-2H3;8H,2-7H2,1H3,(H2,10,13). The molecule has 0 aliphatic heterocycles. The van der Waals surface area contributed by atoms with E-state index in [0.29, 0.717) is 39.1 Å². The zero-order valence-corrected chi connectivity index (χ0v) is 29.1. The van der Waals surface area contributed by atoms with Gasteiger partial charge in [-0.05, 0) is 53.8 Å². The lowest BCUT2D eigenvalue weighted by Crippen LogP contribution is -2.41. The van der Waals surface area contributed by atoms with Gasteiger partial charge in [-0.15, -0.1) is 0 Å². The minimum atomic E-state index is -0.456. The highest BCUT2D eigenvalue weighted by molar-refractivity contribution is 5.80. The first-order chi connectivity index (χ1) is 21.0. The van der Waals surface area contributed by atoms with E-state index in [0.717, 1.165) is 45.2 Å². The average molecular weight is 631 g/mol. The van der Waals surface area contributed by atoms with Crippen molar-refractivity contribution in [2.24, 2.45) is 5.73 Å². The minimum Gasteiger partial charge on any atom is -0.395 e. The first-order valence-electron chi connectivity index (χ1n) is 16.5. The van der Waals surface area contributed by atoms with Crippen LogP contribution in [0.3, 0.4) is 0 Å². The molecule has 4 amide bonds. The summed E-state index contributed by atoms with van der Waals surface area (Å²) >= 11 is 0. The van der Waals surface area contributed by atoms with E-state index >= 15 is 0 Å². The predicted octanol–water partition coefficient (Wildman–Crippen LogP) is 2.23. The molecule has 0 saturated carbocycles. The maximum absolute atomic E-state index is 11.8. The molecule has 0 rings (SSSR count). The SMILES string of the molecule is CCCCCCN(C)CC(=O)N(CC)CC.CCCCCCN(C=O)CC(N)=O.CCN(CCO)CC(=O)N(CC)CC=O. The Morgan fingerprint density at radius 1 is 0.659 bits per heavy atom. The molecule has 12 nitrogen and oxygen atoms in total. The van der Waals surface area contributed by atoms with Gasteiger partial charge < -0.3 is 30.3 Å². The number of carbonyl (C=O) groups excluding carboxylic acids is 5. The van der Waals surface area contributed by atoms with Crippen LogP contribution in [0.1, 0.15) is 92.9 Å². The zero-order chi connectivity index (χ0) is 34.2. The van der Waals surface area contributed by atoms with Crippen molar-refractivity contribution >= 4 is 30.4 Å². The molecule has 0 fully saturated rings. The van der Waals surface area contributed by atoms with E-state index in [1.54, 1.807) is 0 Å². The van der Waals surface area contributed by atoms with Gasteiger partial charge in [0.05, 0.1) is 32.8 Å². The Morgan fingerprint density at radius 2 is 1.18 bits per heavy atom. The molecule has 3 N–H and O–H groups in total. The summed E-state index contributed by atoms with van der Waals surface area (Å²) in [6.45, 7) is 18.3. The van der Waals surface area contributed by atoms with E-state index in [-0.39, 0.29) is 38.1 Å². The van der Waals surface area contributed by atoms with Gasteiger partial charge in [0, 0.05) is 32.7 Å². The fourth-order valence-electron chi connectivity index (χ4n) is 4.18. The van der Waals surface area contributed by atoms with Crippen molar-refractivity contribution in [2.75, 3.05) is 85.6 Å². The van der Waals surface area contributed by atoms with Crippen molar-refractivity contribution in [2.45, 2.75) is 92.9 Å². The van der Waals surface area contributed by atoms with Crippen LogP contribution in [-0.2, 0) is 24.0 Å². The van der Waals surface area contributed by atoms with Gasteiger partial charge in [-0.1, -0.05) is 59.3 Å². The van der Waals surface area contributed by atoms with Gasteiger partial charge in [-0.3, -0.25) is 29.0 Å². The molecule has 0 radical (unpaired) electrons. The number of primary amides is 1. The number of nitrogens with two attached hydrogens (primary N) is 1. The Hall–Kier alpha value is -2.57. The highest BCUT2D eigenvalue weighted by Crippen LogP contribution is 2.01. The normalized spacial score (nSPS) is 10.3. The molecule has 44 heavy (non-hydrogen) atoms. The van der Waals surface area contributed by atoms with Crippen LogP contribution in [0.5, 0.6) is 0 Å². The van der Waals surface area contributed by atoms with Gasteiger partial charge in [-0.25, -0.2) is 0 Å². The largest absolute Gasteiger partial charge is 0.395 e. The van der Waals surface area contributed by atoms with Crippen molar-refractivity contribution in [1.82, 2.24) is 24.5 Å². The molecule has 0 atom stereocenters. The van der Waals surface area contributed by atoms with E-state index in [1.807, 2.05) is 44.5 Å². The quantitative estimate of drug-likeness (QED) is 0.115. The number of carbonyl (C=O) groups is 5. The van der Waals surface area contributed by atoms with Crippen LogP contribution in [0, 0.1) is 0 Å². The van der Waals surface area contributed by atoms with E-state index in [9.17, 15) is 24.0 Å². The molecule has 0 unspecified atom stereocenters. The highest BCUT2D eigenvalue weighted by atomic mass is 16.3. The summed E-state index contributed by atoms with van der Waals surface area (Å²) in [5.74, 6) is -0.273. The van der Waals surface area contributed by atoms with Crippen molar-refractivity contribution in [3.05, 3.63) is 0 Å². The number of aldehydes is 1. The van der Waals surface area contributed by atoms with Crippen molar-refractivity contribution in [3.63, 3.8) is 0 Å². The number of likely N-dealkylation sites (N-methyl/N-ethyl adjacent to an activating group) is 4. The van der Waals surface area contributed by atoms with E-state index in [4.69, 9.17) is 10.8 Å². The Kier molecular flexibility index (Phi) is 34.7. The van der Waals surface area contributed by atoms with Crippen LogP contribution in [0.2, 0.25) is 0 Å². The molecule has 0 bridgehead atoms. The van der Waals surface area contributed by atoms with Crippen LogP contribution in [0.4, 0.5) is 0 Å². The van der Waals surface area contributed by atoms with Crippen molar-refractivity contribution in [1.29, 1.82) is 0 Å². The van der Waals surface area contributed by atoms with Crippen LogP contribution < -0.4 is 5.73 Å². The first kappa shape index (κ1) is 45.9.